The summed E-state index contributed by atoms with van der Waals surface area (Å²) in [5.74, 6) is -2.61. The Labute approximate surface area is 117 Å². The van der Waals surface area contributed by atoms with Gasteiger partial charge in [-0.15, -0.1) is 0 Å². The van der Waals surface area contributed by atoms with E-state index in [0.717, 1.165) is 0 Å². The van der Waals surface area contributed by atoms with Crippen LogP contribution in [0.1, 0.15) is 36.5 Å². The Hall–Kier alpha value is -2.17. The van der Waals surface area contributed by atoms with Crippen molar-refractivity contribution >= 4 is 17.7 Å². The number of carbonyl (C=O) groups is 3. The van der Waals surface area contributed by atoms with E-state index in [1.165, 1.54) is 0 Å². The molecule has 0 bridgehead atoms. The van der Waals surface area contributed by atoms with Crippen molar-refractivity contribution in [2.45, 2.75) is 26.2 Å². The number of hydrogen-bond acceptors (Lipinski definition) is 4. The summed E-state index contributed by atoms with van der Waals surface area (Å²) >= 11 is 0. The number of Topliss-reactive ketones (excluding diaryl/α,β-unsaturated/α-hetero) is 1. The van der Waals surface area contributed by atoms with Crippen LogP contribution in [0, 0.1) is 5.92 Å². The van der Waals surface area contributed by atoms with Gasteiger partial charge in [0, 0.05) is 18.4 Å². The maximum atomic E-state index is 12.0. The van der Waals surface area contributed by atoms with Crippen molar-refractivity contribution in [1.29, 1.82) is 0 Å². The lowest BCUT2D eigenvalue weighted by Crippen LogP contribution is -2.20. The van der Waals surface area contributed by atoms with Crippen LogP contribution in [0.4, 0.5) is 0 Å². The monoisotopic (exact) mass is 278 g/mol. The average Bonchev–Trinajstić information content (AvgIpc) is 2.44. The second-order valence-corrected chi connectivity index (χ2v) is 4.37. The van der Waals surface area contributed by atoms with Crippen LogP contribution in [0.2, 0.25) is 0 Å². The fraction of sp³-hybridized carbons (Fsp3) is 0.400. The molecule has 0 saturated heterocycles. The summed E-state index contributed by atoms with van der Waals surface area (Å²) in [6.07, 6.45) is -0.00162. The average molecular weight is 278 g/mol. The van der Waals surface area contributed by atoms with E-state index in [9.17, 15) is 14.4 Å². The summed E-state index contributed by atoms with van der Waals surface area (Å²) < 4.78 is 4.74. The molecule has 1 aromatic rings. The van der Waals surface area contributed by atoms with Crippen molar-refractivity contribution in [2.75, 3.05) is 6.61 Å². The van der Waals surface area contributed by atoms with Crippen molar-refractivity contribution < 1.29 is 24.2 Å². The molecule has 0 saturated carbocycles. The lowest BCUT2D eigenvalue weighted by molar-refractivity contribution is -0.145. The van der Waals surface area contributed by atoms with E-state index in [-0.39, 0.29) is 31.7 Å². The summed E-state index contributed by atoms with van der Waals surface area (Å²) in [6.45, 7) is 1.95. The Morgan fingerprint density at radius 2 is 1.85 bits per heavy atom. The zero-order valence-electron chi connectivity index (χ0n) is 11.4. The van der Waals surface area contributed by atoms with Crippen LogP contribution < -0.4 is 0 Å². The van der Waals surface area contributed by atoms with Crippen LogP contribution in [0.5, 0.6) is 0 Å². The van der Waals surface area contributed by atoms with Gasteiger partial charge in [0.15, 0.2) is 5.78 Å². The molecule has 0 fully saturated rings. The first kappa shape index (κ1) is 15.9. The second kappa shape index (κ2) is 8.09. The van der Waals surface area contributed by atoms with Crippen molar-refractivity contribution in [3.05, 3.63) is 35.9 Å². The van der Waals surface area contributed by atoms with Gasteiger partial charge >= 0.3 is 11.9 Å². The first-order valence-electron chi connectivity index (χ1n) is 6.51. The second-order valence-electron chi connectivity index (χ2n) is 4.37. The smallest absolute Gasteiger partial charge is 0.306 e. The van der Waals surface area contributed by atoms with Crippen molar-refractivity contribution in [1.82, 2.24) is 0 Å². The van der Waals surface area contributed by atoms with E-state index in [1.54, 1.807) is 37.3 Å². The maximum Gasteiger partial charge on any atom is 0.306 e. The predicted octanol–water partition coefficient (Wildman–Crippen LogP) is 2.30. The van der Waals surface area contributed by atoms with Gasteiger partial charge in [-0.1, -0.05) is 30.3 Å². The minimum atomic E-state index is -1.07. The van der Waals surface area contributed by atoms with E-state index in [2.05, 4.69) is 0 Å². The molecule has 0 amide bonds. The fourth-order valence-corrected chi connectivity index (χ4v) is 1.80. The van der Waals surface area contributed by atoms with Gasteiger partial charge in [0.25, 0.3) is 0 Å². The molecule has 20 heavy (non-hydrogen) atoms. The van der Waals surface area contributed by atoms with E-state index in [1.807, 2.05) is 0 Å². The summed E-state index contributed by atoms with van der Waals surface area (Å²) in [5.41, 5.74) is 0.481. The molecule has 5 nitrogen and oxygen atoms in total. The van der Waals surface area contributed by atoms with Gasteiger partial charge in [-0.2, -0.15) is 0 Å². The van der Waals surface area contributed by atoms with Crippen LogP contribution >= 0.6 is 0 Å². The molecule has 1 atom stereocenters. The number of ether oxygens (including phenoxy) is 1. The third kappa shape index (κ3) is 5.22. The fourth-order valence-electron chi connectivity index (χ4n) is 1.80. The third-order valence-electron chi connectivity index (χ3n) is 2.88. The summed E-state index contributed by atoms with van der Waals surface area (Å²) in [7, 11) is 0. The molecule has 0 spiro atoms. The summed E-state index contributed by atoms with van der Waals surface area (Å²) in [6, 6.07) is 8.52. The number of benzene rings is 1. The first-order valence-corrected chi connectivity index (χ1v) is 6.51. The van der Waals surface area contributed by atoms with Crippen LogP contribution in [0.25, 0.3) is 0 Å². The normalized spacial score (nSPS) is 11.7. The Kier molecular flexibility index (Phi) is 6.43. The summed E-state index contributed by atoms with van der Waals surface area (Å²) in [5, 5.41) is 9.11. The molecule has 1 N–H and O–H groups in total. The number of carbonyl (C=O) groups excluding carboxylic acids is 2. The Bertz CT molecular complexity index is 466. The van der Waals surface area contributed by atoms with E-state index in [0.29, 0.717) is 5.56 Å². The van der Waals surface area contributed by atoms with Crippen LogP contribution in [-0.2, 0) is 14.3 Å². The van der Waals surface area contributed by atoms with E-state index < -0.39 is 17.9 Å². The zero-order valence-corrected chi connectivity index (χ0v) is 11.4. The van der Waals surface area contributed by atoms with Crippen LogP contribution in [0.3, 0.4) is 0 Å². The molecule has 0 aliphatic heterocycles. The van der Waals surface area contributed by atoms with Crippen molar-refractivity contribution in [3.63, 3.8) is 0 Å². The van der Waals surface area contributed by atoms with Gasteiger partial charge in [-0.3, -0.25) is 14.4 Å². The Morgan fingerprint density at radius 1 is 1.20 bits per heavy atom. The molecule has 0 aromatic heterocycles. The molecule has 1 unspecified atom stereocenters. The van der Waals surface area contributed by atoms with Gasteiger partial charge < -0.3 is 9.84 Å². The largest absolute Gasteiger partial charge is 0.481 e. The van der Waals surface area contributed by atoms with Crippen molar-refractivity contribution in [3.8, 4) is 0 Å². The molecule has 0 aliphatic rings. The number of rotatable bonds is 8. The molecule has 0 radical (unpaired) electrons. The predicted molar refractivity (Wildman–Crippen MR) is 72.4 cm³/mol. The van der Waals surface area contributed by atoms with Gasteiger partial charge in [-0.05, 0) is 13.3 Å². The topological polar surface area (TPSA) is 80.7 Å². The van der Waals surface area contributed by atoms with Gasteiger partial charge in [0.2, 0.25) is 0 Å². The minimum Gasteiger partial charge on any atom is -0.481 e. The van der Waals surface area contributed by atoms with Crippen LogP contribution in [-0.4, -0.2) is 29.4 Å². The number of carboxylic acid groups (broad SMARTS) is 1. The van der Waals surface area contributed by atoms with Crippen molar-refractivity contribution in [2.24, 2.45) is 5.92 Å². The van der Waals surface area contributed by atoms with E-state index >= 15 is 0 Å². The van der Waals surface area contributed by atoms with Gasteiger partial charge in [0.05, 0.1) is 12.5 Å². The minimum absolute atomic E-state index is 0.00682. The summed E-state index contributed by atoms with van der Waals surface area (Å²) in [4.78, 5) is 34.3. The number of hydrogen-bond donors (Lipinski definition) is 1. The standard InChI is InChI=1S/C15H18O5/c1-2-20-14(17)9-8-12(15(18)19)10-13(16)11-6-4-3-5-7-11/h3-7,12H,2,8-10H2,1H3,(H,18,19). The highest BCUT2D eigenvalue weighted by Gasteiger charge is 2.23. The lowest BCUT2D eigenvalue weighted by atomic mass is 9.94. The highest BCUT2D eigenvalue weighted by atomic mass is 16.5. The Morgan fingerprint density at radius 3 is 2.40 bits per heavy atom. The molecule has 0 heterocycles. The van der Waals surface area contributed by atoms with Crippen LogP contribution in [0.15, 0.2) is 30.3 Å². The first-order chi connectivity index (χ1) is 9.54. The zero-order chi connectivity index (χ0) is 15.0. The lowest BCUT2D eigenvalue weighted by Gasteiger charge is -2.11. The molecule has 1 rings (SSSR count). The molecular formula is C15H18O5. The van der Waals surface area contributed by atoms with Gasteiger partial charge in [0.1, 0.15) is 0 Å². The molecule has 108 valence electrons. The highest BCUT2D eigenvalue weighted by Crippen LogP contribution is 2.16. The molecule has 1 aromatic carbocycles. The number of aliphatic carboxylic acids is 1. The molecular weight excluding hydrogens is 260 g/mol. The molecule has 0 aliphatic carbocycles. The highest BCUT2D eigenvalue weighted by molar-refractivity contribution is 5.97. The number of ketones is 1. The maximum absolute atomic E-state index is 12.0. The van der Waals surface area contributed by atoms with E-state index in [4.69, 9.17) is 9.84 Å². The SMILES string of the molecule is CCOC(=O)CCC(CC(=O)c1ccccc1)C(=O)O. The third-order valence-corrected chi connectivity index (χ3v) is 2.88. The number of carboxylic acids is 1. The molecule has 5 heteroatoms. The Balaban J connectivity index is 2.57. The number of esters is 1. The quantitative estimate of drug-likeness (QED) is 0.583. The van der Waals surface area contributed by atoms with Gasteiger partial charge in [-0.25, -0.2) is 0 Å².